The highest BCUT2D eigenvalue weighted by atomic mass is 32.2. The van der Waals surface area contributed by atoms with Crippen LogP contribution in [0.2, 0.25) is 0 Å². The molecule has 3 amide bonds. The predicted molar refractivity (Wildman–Crippen MR) is 188 cm³/mol. The summed E-state index contributed by atoms with van der Waals surface area (Å²) in [5, 5.41) is 10.7. The third-order valence-electron chi connectivity index (χ3n) is 10.5. The van der Waals surface area contributed by atoms with E-state index in [9.17, 15) is 19.5 Å². The molecule has 8 nitrogen and oxygen atoms in total. The lowest BCUT2D eigenvalue weighted by molar-refractivity contribution is -0.147. The van der Waals surface area contributed by atoms with Gasteiger partial charge in [0.25, 0.3) is 0 Å². The van der Waals surface area contributed by atoms with Crippen LogP contribution in [-0.2, 0) is 20.9 Å². The van der Waals surface area contributed by atoms with Crippen LogP contribution in [0.3, 0.4) is 0 Å². The molecule has 1 N–H and O–H groups in total. The summed E-state index contributed by atoms with van der Waals surface area (Å²) in [4.78, 5) is 49.8. The van der Waals surface area contributed by atoms with Gasteiger partial charge < -0.3 is 24.5 Å². The van der Waals surface area contributed by atoms with Crippen molar-refractivity contribution in [2.45, 2.75) is 69.2 Å². The second-order valence-electron chi connectivity index (χ2n) is 13.1. The summed E-state index contributed by atoms with van der Waals surface area (Å²) in [6.07, 6.45) is 4.87. The molecule has 3 heterocycles. The largest absolute Gasteiger partial charge is 0.494 e. The molecule has 8 atom stereocenters. The lowest BCUT2D eigenvalue weighted by atomic mass is 9.65. The van der Waals surface area contributed by atoms with E-state index >= 15 is 0 Å². The van der Waals surface area contributed by atoms with Crippen molar-refractivity contribution >= 4 is 35.2 Å². The van der Waals surface area contributed by atoms with Crippen LogP contribution in [0, 0.1) is 23.7 Å². The van der Waals surface area contributed by atoms with Crippen LogP contribution in [0.1, 0.15) is 46.1 Å². The average Bonchev–Trinajstić information content (AvgIpc) is 3.68. The van der Waals surface area contributed by atoms with Crippen LogP contribution >= 0.6 is 11.8 Å². The smallest absolute Gasteiger partial charge is 0.247 e. The number of carbonyl (C=O) groups is 3. The third-order valence-corrected chi connectivity index (χ3v) is 12.5. The molecule has 0 aliphatic carbocycles. The normalized spacial score (nSPS) is 27.2. The Kier molecular flexibility index (Phi) is 10.9. The number of hydrogen-bond acceptors (Lipinski definition) is 6. The van der Waals surface area contributed by atoms with Crippen molar-refractivity contribution < 1.29 is 24.2 Å². The maximum atomic E-state index is 15.0. The number of ether oxygens (including phenoxy) is 1. The fraction of sp³-hybridized carbons (Fsp3) is 0.500. The molecule has 2 aromatic carbocycles. The molecule has 3 saturated heterocycles. The number of fused-ring (bicyclic) bond motifs is 1. The van der Waals surface area contributed by atoms with E-state index in [1.807, 2.05) is 75.4 Å². The number of nitrogens with zero attached hydrogens (tertiary/aromatic N) is 3. The van der Waals surface area contributed by atoms with E-state index in [1.54, 1.807) is 38.6 Å². The minimum atomic E-state index is -0.823. The van der Waals surface area contributed by atoms with E-state index < -0.39 is 28.7 Å². The molecule has 5 rings (SSSR count). The Bertz CT molecular complexity index is 1450. The molecule has 2 aromatic rings. The minimum Gasteiger partial charge on any atom is -0.494 e. The van der Waals surface area contributed by atoms with Gasteiger partial charge >= 0.3 is 0 Å². The number of hydrogen-bond donors (Lipinski definition) is 1. The van der Waals surface area contributed by atoms with Crippen molar-refractivity contribution in [3.63, 3.8) is 0 Å². The number of anilines is 1. The highest BCUT2D eigenvalue weighted by molar-refractivity contribution is 8.02. The quantitative estimate of drug-likeness (QED) is 0.252. The number of thioether (sulfide) groups is 1. The van der Waals surface area contributed by atoms with Crippen molar-refractivity contribution in [3.8, 4) is 5.75 Å². The molecular formula is C38H49N3O5S. The van der Waals surface area contributed by atoms with E-state index in [0.29, 0.717) is 31.1 Å². The van der Waals surface area contributed by atoms with Gasteiger partial charge in [-0.25, -0.2) is 0 Å². The summed E-state index contributed by atoms with van der Waals surface area (Å²) in [6, 6.07) is 15.8. The molecule has 3 unspecified atom stereocenters. The van der Waals surface area contributed by atoms with Crippen molar-refractivity contribution in [3.05, 3.63) is 85.5 Å². The predicted octanol–water partition coefficient (Wildman–Crippen LogP) is 5.56. The number of carbonyl (C=O) groups excluding carboxylic acids is 3. The average molecular weight is 660 g/mol. The standard InChI is InChI=1S/C38H49N3O5S/c1-7-20-39(23-27-14-12-11-13-15-27)37(45)34-38-26(6)22-31(47-38)32(33(38)36(44)41(34)30(24-42)25(5)9-3)35(43)40(21-8-2)28-16-18-29(19-17-28)46-10-4/h7-8,11-19,25-26,30-34,42H,1-2,9-10,20-24H2,3-6H3/t25-,26?,30-,31-,32+,33-,34?,38?/m0/s1. The second kappa shape index (κ2) is 14.7. The van der Waals surface area contributed by atoms with Gasteiger partial charge in [0.2, 0.25) is 17.7 Å². The van der Waals surface area contributed by atoms with Gasteiger partial charge in [-0.2, -0.15) is 0 Å². The Balaban J connectivity index is 1.59. The van der Waals surface area contributed by atoms with Gasteiger partial charge in [0.15, 0.2) is 0 Å². The number of aliphatic hydroxyl groups is 1. The SMILES string of the molecule is C=CCN(Cc1ccccc1)C(=O)C1N([C@@H](CO)[C@@H](C)CC)C(=O)[C@@H]2[C@H](C(=O)N(CC=C)c3ccc(OCC)cc3)[C@@H]3CC(C)C12S3. The van der Waals surface area contributed by atoms with Crippen LogP contribution in [0.5, 0.6) is 5.75 Å². The van der Waals surface area contributed by atoms with Gasteiger partial charge in [-0.05, 0) is 55.0 Å². The van der Waals surface area contributed by atoms with Crippen LogP contribution in [0.15, 0.2) is 79.9 Å². The molecule has 0 saturated carbocycles. The Hall–Kier alpha value is -3.56. The molecule has 252 valence electrons. The zero-order valence-electron chi connectivity index (χ0n) is 28.1. The highest BCUT2D eigenvalue weighted by Gasteiger charge is 2.77. The van der Waals surface area contributed by atoms with Gasteiger partial charge in [0.05, 0.1) is 35.8 Å². The van der Waals surface area contributed by atoms with Crippen molar-refractivity contribution in [2.75, 3.05) is 31.2 Å². The topological polar surface area (TPSA) is 90.4 Å². The summed E-state index contributed by atoms with van der Waals surface area (Å²) in [5.74, 6) is -1.14. The molecular weight excluding hydrogens is 611 g/mol. The summed E-state index contributed by atoms with van der Waals surface area (Å²) in [5.41, 5.74) is 1.68. The van der Waals surface area contributed by atoms with E-state index in [0.717, 1.165) is 18.4 Å². The zero-order valence-corrected chi connectivity index (χ0v) is 28.9. The Morgan fingerprint density at radius 2 is 1.77 bits per heavy atom. The Morgan fingerprint density at radius 3 is 2.36 bits per heavy atom. The molecule has 3 aliphatic heterocycles. The van der Waals surface area contributed by atoms with E-state index in [-0.39, 0.29) is 48.0 Å². The number of amides is 3. The first-order valence-electron chi connectivity index (χ1n) is 16.9. The van der Waals surface area contributed by atoms with E-state index in [1.165, 1.54) is 0 Å². The summed E-state index contributed by atoms with van der Waals surface area (Å²) >= 11 is 1.66. The molecule has 1 spiro atoms. The first-order chi connectivity index (χ1) is 22.7. The first kappa shape index (κ1) is 34.8. The van der Waals surface area contributed by atoms with Crippen LogP contribution in [0.4, 0.5) is 5.69 Å². The monoisotopic (exact) mass is 659 g/mol. The summed E-state index contributed by atoms with van der Waals surface area (Å²) < 4.78 is 4.81. The van der Waals surface area contributed by atoms with Crippen LogP contribution in [-0.4, -0.2) is 81.0 Å². The molecule has 0 radical (unpaired) electrons. The Labute approximate surface area is 283 Å². The number of aliphatic hydroxyl groups excluding tert-OH is 1. The second-order valence-corrected chi connectivity index (χ2v) is 14.6. The Morgan fingerprint density at radius 1 is 1.09 bits per heavy atom. The molecule has 0 aromatic heterocycles. The molecule has 3 fully saturated rings. The van der Waals surface area contributed by atoms with Gasteiger partial charge in [0, 0.05) is 30.6 Å². The summed E-state index contributed by atoms with van der Waals surface area (Å²) in [7, 11) is 0. The van der Waals surface area contributed by atoms with Crippen molar-refractivity contribution in [1.82, 2.24) is 9.80 Å². The number of likely N-dealkylation sites (tertiary alicyclic amines) is 1. The number of benzene rings is 2. The molecule has 47 heavy (non-hydrogen) atoms. The zero-order chi connectivity index (χ0) is 33.9. The maximum Gasteiger partial charge on any atom is 0.247 e. The first-order valence-corrected chi connectivity index (χ1v) is 17.8. The summed E-state index contributed by atoms with van der Waals surface area (Å²) in [6.45, 7) is 17.2. The lowest BCUT2D eigenvalue weighted by Gasteiger charge is -2.43. The molecule has 3 aliphatic rings. The van der Waals surface area contributed by atoms with Gasteiger partial charge in [0.1, 0.15) is 11.8 Å². The molecule has 2 bridgehead atoms. The van der Waals surface area contributed by atoms with Gasteiger partial charge in [-0.1, -0.05) is 69.7 Å². The van der Waals surface area contributed by atoms with Crippen LogP contribution in [0.25, 0.3) is 0 Å². The van der Waals surface area contributed by atoms with E-state index in [2.05, 4.69) is 20.1 Å². The maximum absolute atomic E-state index is 15.0. The van der Waals surface area contributed by atoms with Gasteiger partial charge in [-0.3, -0.25) is 14.4 Å². The third kappa shape index (κ3) is 6.13. The minimum absolute atomic E-state index is 0.00589. The fourth-order valence-electron chi connectivity index (χ4n) is 8.08. The number of rotatable bonds is 15. The van der Waals surface area contributed by atoms with Crippen molar-refractivity contribution in [1.29, 1.82) is 0 Å². The van der Waals surface area contributed by atoms with Crippen molar-refractivity contribution in [2.24, 2.45) is 23.7 Å². The molecule has 9 heteroatoms. The van der Waals surface area contributed by atoms with Gasteiger partial charge in [-0.15, -0.1) is 24.9 Å². The van der Waals surface area contributed by atoms with Crippen LogP contribution < -0.4 is 9.64 Å². The highest BCUT2D eigenvalue weighted by Crippen LogP contribution is 2.69. The fourth-order valence-corrected chi connectivity index (χ4v) is 10.5. The van der Waals surface area contributed by atoms with E-state index in [4.69, 9.17) is 4.74 Å². The lowest BCUT2D eigenvalue weighted by Crippen LogP contribution is -2.60.